The van der Waals surface area contributed by atoms with Crippen molar-refractivity contribution in [3.05, 3.63) is 46.8 Å². The van der Waals surface area contributed by atoms with Crippen LogP contribution in [-0.4, -0.2) is 24.9 Å². The van der Waals surface area contributed by atoms with E-state index >= 15 is 0 Å². The number of hydrogen-bond donors (Lipinski definition) is 1. The number of imidazole rings is 1. The first-order valence-corrected chi connectivity index (χ1v) is 6.23. The van der Waals surface area contributed by atoms with Crippen molar-refractivity contribution in [1.82, 2.24) is 19.9 Å². The van der Waals surface area contributed by atoms with E-state index in [9.17, 15) is 14.5 Å². The summed E-state index contributed by atoms with van der Waals surface area (Å²) in [6.45, 7) is 0. The van der Waals surface area contributed by atoms with E-state index in [0.717, 1.165) is 17.8 Å². The van der Waals surface area contributed by atoms with E-state index in [0.29, 0.717) is 16.2 Å². The molecule has 0 amide bonds. The molecule has 3 rings (SSSR count). The largest absolute Gasteiger partial charge is 0.341 e. The number of nitrogens with one attached hydrogen (secondary N) is 1. The van der Waals surface area contributed by atoms with Crippen LogP contribution in [0.25, 0.3) is 11.2 Å². The molecule has 0 atom stereocenters. The molecule has 0 saturated heterocycles. The lowest BCUT2D eigenvalue weighted by atomic mass is 10.3. The number of nitro benzene ring substituents is 1. The maximum absolute atomic E-state index is 13.5. The lowest BCUT2D eigenvalue weighted by Crippen LogP contribution is -1.95. The fourth-order valence-electron chi connectivity index (χ4n) is 1.68. The summed E-state index contributed by atoms with van der Waals surface area (Å²) in [5, 5.41) is 11.4. The Bertz CT molecular complexity index is 806. The topological polar surface area (TPSA) is 97.6 Å². The molecule has 7 nitrogen and oxygen atoms in total. The minimum Gasteiger partial charge on any atom is -0.341 e. The van der Waals surface area contributed by atoms with Crippen molar-refractivity contribution < 1.29 is 9.31 Å². The summed E-state index contributed by atoms with van der Waals surface area (Å²) in [6.07, 6.45) is 2.75. The highest BCUT2D eigenvalue weighted by atomic mass is 32.2. The van der Waals surface area contributed by atoms with Gasteiger partial charge in [-0.2, -0.15) is 4.39 Å². The number of para-hydroxylation sites is 1. The number of fused-ring (bicyclic) bond motifs is 1. The predicted octanol–water partition coefficient (Wildman–Crippen LogP) is 2.55. The van der Waals surface area contributed by atoms with Gasteiger partial charge in [0.05, 0.1) is 16.1 Å². The zero-order chi connectivity index (χ0) is 14.1. The van der Waals surface area contributed by atoms with Crippen LogP contribution in [0.2, 0.25) is 0 Å². The first-order chi connectivity index (χ1) is 9.66. The molecule has 0 fully saturated rings. The molecule has 9 heteroatoms. The average Bonchev–Trinajstić information content (AvgIpc) is 2.87. The van der Waals surface area contributed by atoms with E-state index < -0.39 is 16.4 Å². The molecule has 0 unspecified atom stereocenters. The summed E-state index contributed by atoms with van der Waals surface area (Å²) in [5.74, 6) is -0.880. The van der Waals surface area contributed by atoms with Crippen LogP contribution in [0.15, 0.2) is 40.8 Å². The highest BCUT2D eigenvalue weighted by Gasteiger charge is 2.22. The number of benzene rings is 1. The maximum Gasteiger partial charge on any atom is 0.318 e. The van der Waals surface area contributed by atoms with E-state index in [1.807, 2.05) is 0 Å². The predicted molar refractivity (Wildman–Crippen MR) is 68.9 cm³/mol. The van der Waals surface area contributed by atoms with E-state index in [2.05, 4.69) is 19.9 Å². The molecule has 0 radical (unpaired) electrons. The third kappa shape index (κ3) is 2.07. The molecule has 1 N–H and O–H groups in total. The minimum atomic E-state index is -0.880. The molecule has 1 aromatic carbocycles. The van der Waals surface area contributed by atoms with Crippen LogP contribution in [0.3, 0.4) is 0 Å². The number of rotatable bonds is 3. The number of H-pyrrole nitrogens is 1. The SMILES string of the molecule is O=[N+]([O-])c1c(F)cccc1Sc1ncnc2nc[nH]c12. The fraction of sp³-hybridized carbons (Fsp3) is 0. The summed E-state index contributed by atoms with van der Waals surface area (Å²) in [6, 6.07) is 3.93. The summed E-state index contributed by atoms with van der Waals surface area (Å²) < 4.78 is 13.5. The first kappa shape index (κ1) is 12.5. The Hall–Kier alpha value is -2.55. The lowest BCUT2D eigenvalue weighted by molar-refractivity contribution is -0.390. The number of halogens is 1. The summed E-state index contributed by atoms with van der Waals surface area (Å²) >= 11 is 0.987. The Kier molecular flexibility index (Phi) is 3.03. The van der Waals surface area contributed by atoms with Crippen LogP contribution in [0.4, 0.5) is 10.1 Å². The second-order valence-electron chi connectivity index (χ2n) is 3.73. The van der Waals surface area contributed by atoms with E-state index in [1.54, 1.807) is 0 Å². The minimum absolute atomic E-state index is 0.171. The van der Waals surface area contributed by atoms with Gasteiger partial charge in [-0.15, -0.1) is 0 Å². The zero-order valence-corrected chi connectivity index (χ0v) is 10.6. The lowest BCUT2D eigenvalue weighted by Gasteiger charge is -2.03. The van der Waals surface area contributed by atoms with Gasteiger partial charge >= 0.3 is 5.69 Å². The van der Waals surface area contributed by atoms with Crippen LogP contribution in [0, 0.1) is 15.9 Å². The van der Waals surface area contributed by atoms with Gasteiger partial charge in [-0.3, -0.25) is 10.1 Å². The van der Waals surface area contributed by atoms with Crippen LogP contribution >= 0.6 is 11.8 Å². The van der Waals surface area contributed by atoms with Gasteiger partial charge in [0.15, 0.2) is 5.65 Å². The van der Waals surface area contributed by atoms with Crippen LogP contribution in [0.1, 0.15) is 0 Å². The molecule has 0 aliphatic carbocycles. The van der Waals surface area contributed by atoms with Gasteiger partial charge in [0, 0.05) is 0 Å². The quantitative estimate of drug-likeness (QED) is 0.452. The number of hydrogen-bond acceptors (Lipinski definition) is 6. The Balaban J connectivity index is 2.10. The third-order valence-corrected chi connectivity index (χ3v) is 3.58. The molecule has 2 aromatic heterocycles. The van der Waals surface area contributed by atoms with Crippen molar-refractivity contribution in [2.75, 3.05) is 0 Å². The zero-order valence-electron chi connectivity index (χ0n) is 9.78. The molecule has 3 aromatic rings. The highest BCUT2D eigenvalue weighted by Crippen LogP contribution is 2.36. The van der Waals surface area contributed by atoms with Gasteiger partial charge in [0.1, 0.15) is 16.9 Å². The van der Waals surface area contributed by atoms with Gasteiger partial charge in [-0.25, -0.2) is 15.0 Å². The molecule has 0 aliphatic rings. The summed E-state index contributed by atoms with van der Waals surface area (Å²) in [7, 11) is 0. The Morgan fingerprint density at radius 1 is 1.30 bits per heavy atom. The van der Waals surface area contributed by atoms with Crippen molar-refractivity contribution in [3.63, 3.8) is 0 Å². The van der Waals surface area contributed by atoms with Crippen molar-refractivity contribution in [2.45, 2.75) is 9.92 Å². The standard InChI is InChI=1S/C11H6FN5O2S/c12-6-2-1-3-7(9(6)17(18)19)20-11-8-10(14-4-13-8)15-5-16-11/h1-5H,(H,13,14,15,16). The third-order valence-electron chi connectivity index (χ3n) is 2.53. The van der Waals surface area contributed by atoms with Crippen molar-refractivity contribution >= 4 is 28.6 Å². The van der Waals surface area contributed by atoms with Gasteiger partial charge in [-0.05, 0) is 12.1 Å². The van der Waals surface area contributed by atoms with Crippen molar-refractivity contribution in [2.24, 2.45) is 0 Å². The van der Waals surface area contributed by atoms with Gasteiger partial charge in [0.25, 0.3) is 0 Å². The molecule has 0 bridgehead atoms. The molecule has 0 spiro atoms. The normalized spacial score (nSPS) is 10.8. The van der Waals surface area contributed by atoms with Crippen LogP contribution in [-0.2, 0) is 0 Å². The maximum atomic E-state index is 13.5. The van der Waals surface area contributed by atoms with E-state index in [1.165, 1.54) is 24.8 Å². The monoisotopic (exact) mass is 291 g/mol. The molecular formula is C11H6FN5O2S. The summed E-state index contributed by atoms with van der Waals surface area (Å²) in [5.41, 5.74) is 0.432. The number of nitrogens with zero attached hydrogens (tertiary/aromatic N) is 4. The number of nitro groups is 1. The number of aromatic nitrogens is 4. The number of aromatic amines is 1. The van der Waals surface area contributed by atoms with Gasteiger partial charge in [-0.1, -0.05) is 17.8 Å². The second-order valence-corrected chi connectivity index (χ2v) is 4.76. The molecule has 2 heterocycles. The second kappa shape index (κ2) is 4.85. The van der Waals surface area contributed by atoms with E-state index in [-0.39, 0.29) is 4.90 Å². The molecule has 100 valence electrons. The molecule has 0 aliphatic heterocycles. The van der Waals surface area contributed by atoms with Crippen LogP contribution < -0.4 is 0 Å². The van der Waals surface area contributed by atoms with Crippen molar-refractivity contribution in [3.8, 4) is 0 Å². The average molecular weight is 291 g/mol. The first-order valence-electron chi connectivity index (χ1n) is 5.41. The Labute approximate surface area is 115 Å². The smallest absolute Gasteiger partial charge is 0.318 e. The summed E-state index contributed by atoms with van der Waals surface area (Å²) in [4.78, 5) is 25.2. The fourth-order valence-corrected chi connectivity index (χ4v) is 2.66. The van der Waals surface area contributed by atoms with Crippen LogP contribution in [0.5, 0.6) is 0 Å². The Morgan fingerprint density at radius 3 is 2.95 bits per heavy atom. The van der Waals surface area contributed by atoms with E-state index in [4.69, 9.17) is 0 Å². The van der Waals surface area contributed by atoms with Gasteiger partial charge < -0.3 is 4.98 Å². The molecule has 20 heavy (non-hydrogen) atoms. The van der Waals surface area contributed by atoms with Crippen molar-refractivity contribution in [1.29, 1.82) is 0 Å². The molecular weight excluding hydrogens is 285 g/mol. The molecule has 0 saturated carbocycles. The highest BCUT2D eigenvalue weighted by molar-refractivity contribution is 7.99. The van der Waals surface area contributed by atoms with Gasteiger partial charge in [0.2, 0.25) is 5.82 Å². The Morgan fingerprint density at radius 2 is 2.15 bits per heavy atom.